The zero-order valence-electron chi connectivity index (χ0n) is 44.0. The molecule has 0 aliphatic heterocycles. The van der Waals surface area contributed by atoms with E-state index in [1.165, 1.54) is 36.7 Å². The van der Waals surface area contributed by atoms with Crippen molar-refractivity contribution >= 4 is 47.4 Å². The fourth-order valence-corrected chi connectivity index (χ4v) is 7.66. The van der Waals surface area contributed by atoms with Crippen molar-refractivity contribution in [2.45, 2.75) is 172 Å². The standard InChI is InChI=1S/C52H82N8O10/c1-15-69-51(67)43(25-33(11)12)59-49(65)41(23-31(7)8)57-47(63)39(21-29(3)4)55-45(61)35-17-19-53-37(27-35)38-28-36(18-20-54-38)46(62)56-40(22-30(5)6)48(64)58-42(24-32(9)10)50(66)60-44(26-34(13)14)52(68)70-16-2/h17-20,27-34,39-44H,15-16,21-26H2,1-14H3,(H,55,61)(H,56,62)(H,57,63)(H,58,64)(H,59,65)(H,60,66)/t39-,40-,41-,42-,43-,44-/m0/s1. The lowest BCUT2D eigenvalue weighted by Crippen LogP contribution is -2.56. The molecular formula is C52H82N8O10. The minimum Gasteiger partial charge on any atom is -0.464 e. The predicted molar refractivity (Wildman–Crippen MR) is 268 cm³/mol. The highest BCUT2D eigenvalue weighted by atomic mass is 16.5. The van der Waals surface area contributed by atoms with E-state index >= 15 is 0 Å². The lowest BCUT2D eigenvalue weighted by atomic mass is 9.98. The molecule has 6 atom stereocenters. The van der Waals surface area contributed by atoms with Gasteiger partial charge in [-0.25, -0.2) is 9.59 Å². The Morgan fingerprint density at radius 2 is 0.643 bits per heavy atom. The van der Waals surface area contributed by atoms with Crippen LogP contribution in [0.4, 0.5) is 0 Å². The molecule has 0 aliphatic carbocycles. The van der Waals surface area contributed by atoms with Gasteiger partial charge in [-0.15, -0.1) is 0 Å². The van der Waals surface area contributed by atoms with Gasteiger partial charge in [0.1, 0.15) is 36.3 Å². The molecule has 0 saturated carbocycles. The lowest BCUT2D eigenvalue weighted by Gasteiger charge is -2.27. The molecule has 6 N–H and O–H groups in total. The van der Waals surface area contributed by atoms with Gasteiger partial charge in [0.05, 0.1) is 24.6 Å². The molecule has 2 aromatic rings. The van der Waals surface area contributed by atoms with Crippen LogP contribution in [0.3, 0.4) is 0 Å². The van der Waals surface area contributed by atoms with Crippen LogP contribution in [0, 0.1) is 35.5 Å². The average Bonchev–Trinajstić information content (AvgIpc) is 3.26. The number of aromatic nitrogens is 2. The second-order valence-electron chi connectivity index (χ2n) is 20.4. The SMILES string of the molecule is CCOC(=O)[C@H](CC(C)C)NC(=O)[C@H](CC(C)C)NC(=O)[C@H](CC(C)C)NC(=O)c1ccnc(-c2cc(C(=O)N[C@@H](CC(C)C)C(=O)N[C@@H](CC(C)C)C(=O)N[C@@H](CC(C)C)C(=O)OCC)ccn2)c1. The zero-order chi connectivity index (χ0) is 52.8. The van der Waals surface area contributed by atoms with Crippen LogP contribution in [-0.4, -0.2) is 107 Å². The van der Waals surface area contributed by atoms with Crippen LogP contribution in [0.2, 0.25) is 0 Å². The molecule has 390 valence electrons. The van der Waals surface area contributed by atoms with Gasteiger partial charge in [0.2, 0.25) is 23.6 Å². The van der Waals surface area contributed by atoms with Crippen LogP contribution in [0.5, 0.6) is 0 Å². The summed E-state index contributed by atoms with van der Waals surface area (Å²) in [4.78, 5) is 117. The van der Waals surface area contributed by atoms with E-state index in [2.05, 4.69) is 41.9 Å². The third kappa shape index (κ3) is 21.4. The van der Waals surface area contributed by atoms with Crippen LogP contribution >= 0.6 is 0 Å². The first-order chi connectivity index (χ1) is 32.8. The van der Waals surface area contributed by atoms with Gasteiger partial charge in [-0.3, -0.25) is 38.7 Å². The molecule has 0 unspecified atom stereocenters. The fraction of sp³-hybridized carbons (Fsp3) is 0.654. The number of hydrogen-bond acceptors (Lipinski definition) is 12. The second kappa shape index (κ2) is 29.9. The van der Waals surface area contributed by atoms with Crippen molar-refractivity contribution in [2.24, 2.45) is 35.5 Å². The van der Waals surface area contributed by atoms with Crippen molar-refractivity contribution in [2.75, 3.05) is 13.2 Å². The number of hydrogen-bond donors (Lipinski definition) is 6. The summed E-state index contributed by atoms with van der Waals surface area (Å²) in [6.45, 7) is 26.6. The summed E-state index contributed by atoms with van der Waals surface area (Å²) in [7, 11) is 0. The summed E-state index contributed by atoms with van der Waals surface area (Å²) in [6.07, 6.45) is 4.55. The maximum absolute atomic E-state index is 13.9. The summed E-state index contributed by atoms with van der Waals surface area (Å²) >= 11 is 0. The first-order valence-corrected chi connectivity index (χ1v) is 24.9. The van der Waals surface area contributed by atoms with Crippen molar-refractivity contribution < 1.29 is 47.8 Å². The molecule has 70 heavy (non-hydrogen) atoms. The summed E-state index contributed by atoms with van der Waals surface area (Å²) in [5.74, 6) is -4.41. The van der Waals surface area contributed by atoms with E-state index in [0.29, 0.717) is 12.8 Å². The number of amides is 6. The highest BCUT2D eigenvalue weighted by molar-refractivity contribution is 6.01. The highest BCUT2D eigenvalue weighted by Gasteiger charge is 2.34. The van der Waals surface area contributed by atoms with Gasteiger partial charge >= 0.3 is 11.9 Å². The molecule has 0 fully saturated rings. The van der Waals surface area contributed by atoms with Crippen molar-refractivity contribution in [3.05, 3.63) is 47.8 Å². The Hall–Kier alpha value is -5.94. The molecule has 6 amide bonds. The smallest absolute Gasteiger partial charge is 0.328 e. The normalized spacial score (nSPS) is 14.1. The third-order valence-electron chi connectivity index (χ3n) is 10.8. The molecule has 2 heterocycles. The molecule has 0 bridgehead atoms. The van der Waals surface area contributed by atoms with Crippen molar-refractivity contribution in [3.8, 4) is 11.4 Å². The number of nitrogens with zero attached hydrogens (tertiary/aromatic N) is 2. The van der Waals surface area contributed by atoms with E-state index in [-0.39, 0.29) is 96.9 Å². The monoisotopic (exact) mass is 979 g/mol. The fourth-order valence-electron chi connectivity index (χ4n) is 7.66. The van der Waals surface area contributed by atoms with Crippen LogP contribution in [-0.2, 0) is 38.2 Å². The number of ether oxygens (including phenoxy) is 2. The van der Waals surface area contributed by atoms with Gasteiger partial charge in [0.25, 0.3) is 11.8 Å². The molecule has 18 heteroatoms. The minimum absolute atomic E-state index is 0.00388. The van der Waals surface area contributed by atoms with Crippen LogP contribution in [0.15, 0.2) is 36.7 Å². The number of carbonyl (C=O) groups excluding carboxylic acids is 8. The topological polar surface area (TPSA) is 253 Å². The molecule has 0 aliphatic rings. The molecule has 0 aromatic carbocycles. The molecule has 0 spiro atoms. The lowest BCUT2D eigenvalue weighted by molar-refractivity contribution is -0.148. The number of rotatable bonds is 29. The first kappa shape index (κ1) is 60.2. The largest absolute Gasteiger partial charge is 0.464 e. The van der Waals surface area contributed by atoms with E-state index in [4.69, 9.17) is 9.47 Å². The summed E-state index contributed by atoms with van der Waals surface area (Å²) in [6, 6.07) is 0.0421. The molecule has 0 radical (unpaired) electrons. The summed E-state index contributed by atoms with van der Waals surface area (Å²) in [5.41, 5.74) is 0.793. The average molecular weight is 979 g/mol. The highest BCUT2D eigenvalue weighted by Crippen LogP contribution is 2.19. The van der Waals surface area contributed by atoms with Gasteiger partial charge in [-0.05, 0) is 112 Å². The molecule has 0 saturated heterocycles. The quantitative estimate of drug-likeness (QED) is 0.0539. The molecule has 2 aromatic heterocycles. The second-order valence-corrected chi connectivity index (χ2v) is 20.4. The number of nitrogens with one attached hydrogen (secondary N) is 6. The molecular weight excluding hydrogens is 897 g/mol. The Kier molecular flexibility index (Phi) is 25.7. The first-order valence-electron chi connectivity index (χ1n) is 24.9. The number of esters is 2. The zero-order valence-corrected chi connectivity index (χ0v) is 44.0. The Morgan fingerprint density at radius 3 is 0.900 bits per heavy atom. The van der Waals surface area contributed by atoms with Crippen LogP contribution < -0.4 is 31.9 Å². The van der Waals surface area contributed by atoms with E-state index in [9.17, 15) is 38.4 Å². The molecule has 18 nitrogen and oxygen atoms in total. The van der Waals surface area contributed by atoms with E-state index in [1.807, 2.05) is 83.1 Å². The maximum Gasteiger partial charge on any atom is 0.328 e. The minimum atomic E-state index is -1.04. The predicted octanol–water partition coefficient (Wildman–Crippen LogP) is 5.68. The van der Waals surface area contributed by atoms with Crippen molar-refractivity contribution in [1.82, 2.24) is 41.9 Å². The Balaban J connectivity index is 2.35. The summed E-state index contributed by atoms with van der Waals surface area (Å²) < 4.78 is 10.4. The number of pyridine rings is 2. The van der Waals surface area contributed by atoms with Gasteiger partial charge in [-0.1, -0.05) is 83.1 Å². The van der Waals surface area contributed by atoms with E-state index < -0.39 is 83.6 Å². The van der Waals surface area contributed by atoms with Gasteiger partial charge in [-0.2, -0.15) is 0 Å². The van der Waals surface area contributed by atoms with Crippen LogP contribution in [0.25, 0.3) is 11.4 Å². The summed E-state index contributed by atoms with van der Waals surface area (Å²) in [5, 5.41) is 16.9. The number of carbonyl (C=O) groups is 8. The Morgan fingerprint density at radius 1 is 0.400 bits per heavy atom. The Bertz CT molecular complexity index is 1910. The maximum atomic E-state index is 13.9. The van der Waals surface area contributed by atoms with E-state index in [1.54, 1.807) is 13.8 Å². The van der Waals surface area contributed by atoms with Crippen molar-refractivity contribution in [1.29, 1.82) is 0 Å². The van der Waals surface area contributed by atoms with Crippen molar-refractivity contribution in [3.63, 3.8) is 0 Å². The van der Waals surface area contributed by atoms with Crippen LogP contribution in [0.1, 0.15) is 156 Å². The third-order valence-corrected chi connectivity index (χ3v) is 10.8. The van der Waals surface area contributed by atoms with Gasteiger partial charge in [0.15, 0.2) is 0 Å². The van der Waals surface area contributed by atoms with Gasteiger partial charge in [0, 0.05) is 23.5 Å². The Labute approximate surface area is 415 Å². The van der Waals surface area contributed by atoms with Gasteiger partial charge < -0.3 is 41.4 Å². The van der Waals surface area contributed by atoms with E-state index in [0.717, 1.165) is 0 Å². The molecule has 2 rings (SSSR count).